The second-order valence-corrected chi connectivity index (χ2v) is 14.5. The van der Waals surface area contributed by atoms with Crippen molar-refractivity contribution in [2.75, 3.05) is 24.5 Å². The summed E-state index contributed by atoms with van der Waals surface area (Å²) in [6.07, 6.45) is 2.17. The van der Waals surface area contributed by atoms with Gasteiger partial charge in [0.1, 0.15) is 19.8 Å². The average Bonchev–Trinajstić information content (AvgIpc) is 3.00. The van der Waals surface area contributed by atoms with E-state index in [0.29, 0.717) is 42.5 Å². The summed E-state index contributed by atoms with van der Waals surface area (Å²) in [6.45, 7) is 11.3. The summed E-state index contributed by atoms with van der Waals surface area (Å²) in [5, 5.41) is 0. The van der Waals surface area contributed by atoms with Crippen molar-refractivity contribution in [3.8, 4) is 28.6 Å². The number of anilines is 1. The molecule has 0 unspecified atom stereocenters. The quantitative estimate of drug-likeness (QED) is 0.303. The number of fused-ring (bicyclic) bond motifs is 5. The van der Waals surface area contributed by atoms with Crippen LogP contribution >= 0.6 is 0 Å². The van der Waals surface area contributed by atoms with E-state index in [2.05, 4.69) is 40.4 Å². The molecule has 1 amide bonds. The van der Waals surface area contributed by atoms with Crippen LogP contribution in [0, 0.1) is 19.3 Å². The molecule has 0 spiro atoms. The Hall–Kier alpha value is -4.71. The van der Waals surface area contributed by atoms with Gasteiger partial charge in [-0.2, -0.15) is 4.98 Å². The molecule has 46 heavy (non-hydrogen) atoms. The predicted octanol–water partition coefficient (Wildman–Crippen LogP) is 5.57. The number of aromatic nitrogens is 3. The Morgan fingerprint density at radius 3 is 2.39 bits per heavy atom. The van der Waals surface area contributed by atoms with Gasteiger partial charge in [0.2, 0.25) is 11.8 Å². The smallest absolute Gasteiger partial charge is 0.264 e. The molecule has 12 heteroatoms. The maximum atomic E-state index is 14.4. The maximum absolute atomic E-state index is 14.4. The minimum Gasteiger partial charge on any atom is -0.486 e. The van der Waals surface area contributed by atoms with Crippen molar-refractivity contribution in [2.24, 2.45) is 5.41 Å². The van der Waals surface area contributed by atoms with Crippen molar-refractivity contribution in [1.29, 1.82) is 0 Å². The number of carbonyl (C=O) groups is 1. The predicted molar refractivity (Wildman–Crippen MR) is 173 cm³/mol. The molecule has 1 atom stereocenters. The van der Waals surface area contributed by atoms with Gasteiger partial charge in [0.15, 0.2) is 11.5 Å². The molecule has 11 nitrogen and oxygen atoms in total. The van der Waals surface area contributed by atoms with Crippen molar-refractivity contribution in [2.45, 2.75) is 58.5 Å². The molecule has 0 saturated carbocycles. The van der Waals surface area contributed by atoms with E-state index < -0.39 is 16.1 Å². The zero-order valence-corrected chi connectivity index (χ0v) is 27.3. The Bertz CT molecular complexity index is 1890. The first-order valence-corrected chi connectivity index (χ1v) is 16.6. The number of nitrogens with one attached hydrogen (secondary N) is 1. The second-order valence-electron chi connectivity index (χ2n) is 12.8. The summed E-state index contributed by atoms with van der Waals surface area (Å²) < 4.78 is 47.5. The number of ether oxygens (including phenoxy) is 3. The van der Waals surface area contributed by atoms with Gasteiger partial charge in [0.05, 0.1) is 35.1 Å². The van der Waals surface area contributed by atoms with Gasteiger partial charge in [-0.3, -0.25) is 9.78 Å². The van der Waals surface area contributed by atoms with E-state index in [0.717, 1.165) is 16.7 Å². The summed E-state index contributed by atoms with van der Waals surface area (Å²) >= 11 is 0. The highest BCUT2D eigenvalue weighted by atomic mass is 32.2. The van der Waals surface area contributed by atoms with Crippen LogP contribution in [-0.4, -0.2) is 60.0 Å². The van der Waals surface area contributed by atoms with E-state index in [-0.39, 0.29) is 46.8 Å². The van der Waals surface area contributed by atoms with Gasteiger partial charge in [0.25, 0.3) is 15.9 Å². The molecule has 0 aliphatic carbocycles. The fourth-order valence-corrected chi connectivity index (χ4v) is 6.79. The van der Waals surface area contributed by atoms with Crippen molar-refractivity contribution in [1.82, 2.24) is 19.9 Å². The first kappa shape index (κ1) is 31.3. The lowest BCUT2D eigenvalue weighted by Crippen LogP contribution is -2.45. The van der Waals surface area contributed by atoms with Gasteiger partial charge in [-0.15, -0.1) is 0 Å². The van der Waals surface area contributed by atoms with Crippen LogP contribution in [0.5, 0.6) is 17.4 Å². The highest BCUT2D eigenvalue weighted by Crippen LogP contribution is 2.33. The molecule has 0 saturated heterocycles. The average molecular weight is 644 g/mol. The van der Waals surface area contributed by atoms with E-state index in [4.69, 9.17) is 14.2 Å². The Morgan fingerprint density at radius 2 is 1.65 bits per heavy atom. The zero-order valence-electron chi connectivity index (χ0n) is 26.5. The van der Waals surface area contributed by atoms with E-state index in [1.165, 1.54) is 12.1 Å². The first-order valence-electron chi connectivity index (χ1n) is 15.1. The molecular weight excluding hydrogens is 606 g/mol. The molecular formula is C34H37N5O6S. The van der Waals surface area contributed by atoms with Gasteiger partial charge in [-0.1, -0.05) is 45.0 Å². The monoisotopic (exact) mass is 643 g/mol. The van der Waals surface area contributed by atoms with Crippen molar-refractivity contribution < 1.29 is 27.4 Å². The minimum absolute atomic E-state index is 0.0860. The standard InChI is InChI=1S/C34H37N5O6S/c1-21-8-6-9-22(2)31(21)27-16-30-37-33(36-27)38-46(41,42)26-11-7-10-23(14-26)32(40)39(25(20-45-30)17-34(3,4)5)19-24-15-28-29(18-35-24)44-13-12-43-28/h6-11,14-16,18,25H,12-13,17,19-20H2,1-5H3,(H,36,37,38)/t25-/m1/s1. The normalized spacial score (nSPS) is 17.5. The number of nitrogens with zero attached hydrogens (tertiary/aromatic N) is 4. The molecule has 2 aromatic heterocycles. The lowest BCUT2D eigenvalue weighted by Gasteiger charge is -2.35. The molecule has 2 aliphatic rings. The summed E-state index contributed by atoms with van der Waals surface area (Å²) in [5.41, 5.74) is 3.91. The highest BCUT2D eigenvalue weighted by Gasteiger charge is 2.32. The summed E-state index contributed by atoms with van der Waals surface area (Å²) in [7, 11) is -4.17. The molecule has 1 N–H and O–H groups in total. The topological polar surface area (TPSA) is 133 Å². The van der Waals surface area contributed by atoms with Crippen LogP contribution in [0.1, 0.15) is 54.4 Å². The summed E-state index contributed by atoms with van der Waals surface area (Å²) in [6, 6.07) is 14.9. The van der Waals surface area contributed by atoms with E-state index in [9.17, 15) is 13.2 Å². The van der Waals surface area contributed by atoms with Crippen LogP contribution in [0.25, 0.3) is 11.3 Å². The molecule has 4 bridgehead atoms. The number of hydrogen-bond acceptors (Lipinski definition) is 9. The number of amides is 1. The molecule has 0 fully saturated rings. The highest BCUT2D eigenvalue weighted by molar-refractivity contribution is 7.92. The third-order valence-corrected chi connectivity index (χ3v) is 9.17. The van der Waals surface area contributed by atoms with Crippen molar-refractivity contribution in [3.05, 3.63) is 83.2 Å². The van der Waals surface area contributed by atoms with Gasteiger partial charge in [-0.05, 0) is 55.0 Å². The summed E-state index contributed by atoms with van der Waals surface area (Å²) in [4.78, 5) is 29.6. The number of rotatable bonds is 4. The van der Waals surface area contributed by atoms with E-state index in [1.807, 2.05) is 32.0 Å². The summed E-state index contributed by atoms with van der Waals surface area (Å²) in [5.74, 6) is 0.797. The van der Waals surface area contributed by atoms with Gasteiger partial charge in [-0.25, -0.2) is 18.1 Å². The van der Waals surface area contributed by atoms with Crippen LogP contribution in [0.3, 0.4) is 0 Å². The van der Waals surface area contributed by atoms with Gasteiger partial charge in [0, 0.05) is 23.3 Å². The molecule has 6 rings (SSSR count). The third kappa shape index (κ3) is 6.76. The second kappa shape index (κ2) is 12.2. The Morgan fingerprint density at radius 1 is 0.935 bits per heavy atom. The fraction of sp³-hybridized carbons (Fsp3) is 0.353. The van der Waals surface area contributed by atoms with Crippen molar-refractivity contribution >= 4 is 21.9 Å². The molecule has 4 heterocycles. The molecule has 0 radical (unpaired) electrons. The van der Waals surface area contributed by atoms with Crippen LogP contribution < -0.4 is 18.9 Å². The first-order chi connectivity index (χ1) is 21.9. The number of aryl methyl sites for hydroxylation is 2. The van der Waals surface area contributed by atoms with Crippen LogP contribution in [0.15, 0.2) is 65.7 Å². The number of hydrogen-bond donors (Lipinski definition) is 1. The van der Waals surface area contributed by atoms with E-state index in [1.54, 1.807) is 35.4 Å². The maximum Gasteiger partial charge on any atom is 0.264 e. The van der Waals surface area contributed by atoms with Crippen molar-refractivity contribution in [3.63, 3.8) is 0 Å². The fourth-order valence-electron chi connectivity index (χ4n) is 5.80. The lowest BCUT2D eigenvalue weighted by molar-refractivity contribution is 0.0508. The SMILES string of the molecule is Cc1cccc(C)c1-c1cc2nc(n1)NS(=O)(=O)c1cccc(c1)C(=O)N(Cc1cc3c(cn1)OCCO3)[C@H](CC(C)(C)C)CO2. The number of benzene rings is 2. The zero-order chi connectivity index (χ0) is 32.6. The molecule has 2 aliphatic heterocycles. The number of pyridine rings is 1. The molecule has 4 aromatic rings. The Balaban J connectivity index is 1.48. The Kier molecular flexibility index (Phi) is 8.32. The van der Waals surface area contributed by atoms with Crippen LogP contribution in [0.4, 0.5) is 5.95 Å². The largest absolute Gasteiger partial charge is 0.486 e. The minimum atomic E-state index is -4.17. The number of carbonyl (C=O) groups excluding carboxylic acids is 1. The molecule has 240 valence electrons. The third-order valence-electron chi connectivity index (χ3n) is 7.85. The molecule has 2 aromatic carbocycles. The number of sulfonamides is 1. The Labute approximate surface area is 269 Å². The van der Waals surface area contributed by atoms with Gasteiger partial charge >= 0.3 is 0 Å². The van der Waals surface area contributed by atoms with E-state index >= 15 is 0 Å². The van der Waals surface area contributed by atoms with Crippen LogP contribution in [0.2, 0.25) is 0 Å². The van der Waals surface area contributed by atoms with Crippen LogP contribution in [-0.2, 0) is 16.6 Å². The lowest BCUT2D eigenvalue weighted by atomic mass is 9.87. The van der Waals surface area contributed by atoms with Gasteiger partial charge < -0.3 is 19.1 Å².